The number of carboxylic acid groups (broad SMARTS) is 1. The van der Waals surface area contributed by atoms with Gasteiger partial charge in [-0.15, -0.1) is 0 Å². The van der Waals surface area contributed by atoms with Crippen LogP contribution >= 0.6 is 0 Å². The predicted molar refractivity (Wildman–Crippen MR) is 76.6 cm³/mol. The number of hydrogen-bond donors (Lipinski definition) is 2. The summed E-state index contributed by atoms with van der Waals surface area (Å²) in [6, 6.07) is 8.42. The third-order valence-corrected chi connectivity index (χ3v) is 3.52. The van der Waals surface area contributed by atoms with Crippen LogP contribution in [0.1, 0.15) is 18.9 Å². The van der Waals surface area contributed by atoms with Gasteiger partial charge in [-0.25, -0.2) is 0 Å². The molecule has 0 aromatic heterocycles. The topological polar surface area (TPSA) is 52.6 Å². The molecule has 4 heteroatoms. The van der Waals surface area contributed by atoms with E-state index in [1.165, 1.54) is 11.3 Å². The molecule has 1 fully saturated rings. The number of aliphatic carboxylic acids is 1. The summed E-state index contributed by atoms with van der Waals surface area (Å²) in [5.74, 6) is -0.226. The molecule has 0 amide bonds. The van der Waals surface area contributed by atoms with Crippen LogP contribution in [0.5, 0.6) is 0 Å². The van der Waals surface area contributed by atoms with Gasteiger partial charge in [0.1, 0.15) is 0 Å². The Morgan fingerprint density at radius 1 is 1.47 bits per heavy atom. The Hall–Kier alpha value is -1.55. The first-order chi connectivity index (χ1) is 9.04. The lowest BCUT2D eigenvalue weighted by Crippen LogP contribution is -2.39. The highest BCUT2D eigenvalue weighted by molar-refractivity contribution is 5.67. The summed E-state index contributed by atoms with van der Waals surface area (Å²) in [6.45, 7) is 6.86. The number of carbonyl (C=O) groups is 1. The Morgan fingerprint density at radius 3 is 2.95 bits per heavy atom. The smallest absolute Gasteiger partial charge is 0.304 e. The number of aryl methyl sites for hydroxylation is 1. The van der Waals surface area contributed by atoms with Crippen LogP contribution in [-0.2, 0) is 4.79 Å². The molecule has 4 nitrogen and oxygen atoms in total. The van der Waals surface area contributed by atoms with E-state index in [0.717, 1.165) is 19.6 Å². The molecule has 1 aliphatic heterocycles. The second-order valence-electron chi connectivity index (χ2n) is 5.55. The molecule has 19 heavy (non-hydrogen) atoms. The summed E-state index contributed by atoms with van der Waals surface area (Å²) in [6.07, 6.45) is 0.176. The molecule has 104 valence electrons. The van der Waals surface area contributed by atoms with Crippen molar-refractivity contribution in [1.29, 1.82) is 0 Å². The van der Waals surface area contributed by atoms with Gasteiger partial charge in [0.05, 0.1) is 6.42 Å². The van der Waals surface area contributed by atoms with Gasteiger partial charge < -0.3 is 15.3 Å². The van der Waals surface area contributed by atoms with E-state index in [9.17, 15) is 4.79 Å². The maximum absolute atomic E-state index is 10.9. The number of nitrogens with zero attached hydrogens (tertiary/aromatic N) is 1. The number of anilines is 1. The van der Waals surface area contributed by atoms with Crippen molar-refractivity contribution in [2.45, 2.75) is 26.3 Å². The van der Waals surface area contributed by atoms with Crippen molar-refractivity contribution in [1.82, 2.24) is 5.32 Å². The SMILES string of the molecule is Cc1cccc(N2CC(C)CNC(CC(=O)O)C2)c1. The Labute approximate surface area is 114 Å². The first-order valence-corrected chi connectivity index (χ1v) is 6.81. The maximum Gasteiger partial charge on any atom is 0.304 e. The average Bonchev–Trinajstić information content (AvgIpc) is 2.51. The minimum Gasteiger partial charge on any atom is -0.481 e. The summed E-state index contributed by atoms with van der Waals surface area (Å²) in [5.41, 5.74) is 2.42. The van der Waals surface area contributed by atoms with Gasteiger partial charge in [0.2, 0.25) is 0 Å². The molecular weight excluding hydrogens is 240 g/mol. The van der Waals surface area contributed by atoms with Gasteiger partial charge in [-0.3, -0.25) is 4.79 Å². The van der Waals surface area contributed by atoms with Gasteiger partial charge >= 0.3 is 5.97 Å². The highest BCUT2D eigenvalue weighted by Gasteiger charge is 2.23. The fourth-order valence-corrected chi connectivity index (χ4v) is 2.60. The average molecular weight is 262 g/mol. The molecule has 1 heterocycles. The molecule has 0 bridgehead atoms. The second-order valence-corrected chi connectivity index (χ2v) is 5.55. The van der Waals surface area contributed by atoms with Crippen molar-refractivity contribution in [3.05, 3.63) is 29.8 Å². The van der Waals surface area contributed by atoms with Crippen molar-refractivity contribution in [3.8, 4) is 0 Å². The van der Waals surface area contributed by atoms with Crippen LogP contribution in [0.3, 0.4) is 0 Å². The number of hydrogen-bond acceptors (Lipinski definition) is 3. The number of benzene rings is 1. The molecule has 2 unspecified atom stereocenters. The Bertz CT molecular complexity index is 448. The fourth-order valence-electron chi connectivity index (χ4n) is 2.60. The number of carboxylic acids is 1. The summed E-state index contributed by atoms with van der Waals surface area (Å²) in [7, 11) is 0. The summed E-state index contributed by atoms with van der Waals surface area (Å²) in [5, 5.41) is 12.3. The van der Waals surface area contributed by atoms with Crippen LogP contribution in [0.4, 0.5) is 5.69 Å². The lowest BCUT2D eigenvalue weighted by molar-refractivity contribution is -0.137. The van der Waals surface area contributed by atoms with E-state index in [0.29, 0.717) is 5.92 Å². The molecule has 2 N–H and O–H groups in total. The van der Waals surface area contributed by atoms with E-state index in [1.54, 1.807) is 0 Å². The van der Waals surface area contributed by atoms with E-state index in [1.807, 2.05) is 0 Å². The van der Waals surface area contributed by atoms with Gasteiger partial charge in [-0.1, -0.05) is 19.1 Å². The highest BCUT2D eigenvalue weighted by Crippen LogP contribution is 2.20. The molecule has 0 radical (unpaired) electrons. The molecule has 1 aromatic carbocycles. The first kappa shape index (κ1) is 13.9. The van der Waals surface area contributed by atoms with Gasteiger partial charge in [0, 0.05) is 24.8 Å². The predicted octanol–water partition coefficient (Wildman–Crippen LogP) is 1.88. The minimum atomic E-state index is -0.740. The zero-order valence-electron chi connectivity index (χ0n) is 11.6. The van der Waals surface area contributed by atoms with Crippen LogP contribution in [-0.4, -0.2) is 36.8 Å². The van der Waals surface area contributed by atoms with Crippen molar-refractivity contribution < 1.29 is 9.90 Å². The van der Waals surface area contributed by atoms with Crippen LogP contribution in [0.2, 0.25) is 0 Å². The van der Waals surface area contributed by atoms with Gasteiger partial charge in [-0.05, 0) is 37.1 Å². The highest BCUT2D eigenvalue weighted by atomic mass is 16.4. The fraction of sp³-hybridized carbons (Fsp3) is 0.533. The minimum absolute atomic E-state index is 0.0166. The van der Waals surface area contributed by atoms with Gasteiger partial charge in [-0.2, -0.15) is 0 Å². The maximum atomic E-state index is 10.9. The third-order valence-electron chi connectivity index (χ3n) is 3.52. The van der Waals surface area contributed by atoms with Gasteiger partial charge in [0.15, 0.2) is 0 Å². The number of nitrogens with one attached hydrogen (secondary N) is 1. The lowest BCUT2D eigenvalue weighted by atomic mass is 10.1. The first-order valence-electron chi connectivity index (χ1n) is 6.81. The van der Waals surface area contributed by atoms with Crippen LogP contribution < -0.4 is 10.2 Å². The third kappa shape index (κ3) is 3.96. The van der Waals surface area contributed by atoms with Crippen molar-refractivity contribution >= 4 is 11.7 Å². The molecule has 1 saturated heterocycles. The Morgan fingerprint density at radius 2 is 2.26 bits per heavy atom. The van der Waals surface area contributed by atoms with Crippen molar-refractivity contribution in [2.24, 2.45) is 5.92 Å². The normalized spacial score (nSPS) is 24.0. The summed E-state index contributed by atoms with van der Waals surface area (Å²) >= 11 is 0. The lowest BCUT2D eigenvalue weighted by Gasteiger charge is -2.27. The zero-order chi connectivity index (χ0) is 13.8. The molecule has 0 spiro atoms. The molecular formula is C15H22N2O2. The van der Waals surface area contributed by atoms with E-state index in [2.05, 4.69) is 48.3 Å². The molecule has 0 aliphatic carbocycles. The monoisotopic (exact) mass is 262 g/mol. The van der Waals surface area contributed by atoms with Crippen molar-refractivity contribution in [3.63, 3.8) is 0 Å². The largest absolute Gasteiger partial charge is 0.481 e. The van der Waals surface area contributed by atoms with Crippen LogP contribution in [0, 0.1) is 12.8 Å². The van der Waals surface area contributed by atoms with Crippen LogP contribution in [0.25, 0.3) is 0 Å². The van der Waals surface area contributed by atoms with E-state index in [-0.39, 0.29) is 12.5 Å². The quantitative estimate of drug-likeness (QED) is 0.873. The standard InChI is InChI=1S/C15H22N2O2/c1-11-4-3-5-14(6-11)17-9-12(2)8-16-13(10-17)7-15(18)19/h3-6,12-13,16H,7-10H2,1-2H3,(H,18,19). The molecule has 1 aromatic rings. The van der Waals surface area contributed by atoms with Crippen molar-refractivity contribution in [2.75, 3.05) is 24.5 Å². The molecule has 0 saturated carbocycles. The van der Waals surface area contributed by atoms with Crippen LogP contribution in [0.15, 0.2) is 24.3 Å². The van der Waals surface area contributed by atoms with E-state index in [4.69, 9.17) is 5.11 Å². The zero-order valence-corrected chi connectivity index (χ0v) is 11.6. The Balaban J connectivity index is 2.15. The van der Waals surface area contributed by atoms with E-state index < -0.39 is 5.97 Å². The number of rotatable bonds is 3. The summed E-state index contributed by atoms with van der Waals surface area (Å²) in [4.78, 5) is 13.2. The van der Waals surface area contributed by atoms with E-state index >= 15 is 0 Å². The Kier molecular flexibility index (Phi) is 4.43. The summed E-state index contributed by atoms with van der Waals surface area (Å²) < 4.78 is 0. The molecule has 1 aliphatic rings. The van der Waals surface area contributed by atoms with Gasteiger partial charge in [0.25, 0.3) is 0 Å². The second kappa shape index (κ2) is 6.06. The molecule has 2 atom stereocenters. The molecule has 2 rings (SSSR count).